The number of fused-ring (bicyclic) bond motifs is 1. The first-order valence-corrected chi connectivity index (χ1v) is 17.5. The number of hydrogen-bond acceptors (Lipinski definition) is 8. The van der Waals surface area contributed by atoms with E-state index in [1.807, 2.05) is 48.5 Å². The van der Waals surface area contributed by atoms with E-state index in [2.05, 4.69) is 30.3 Å². The lowest BCUT2D eigenvalue weighted by Crippen LogP contribution is -2.27. The summed E-state index contributed by atoms with van der Waals surface area (Å²) in [6, 6.07) is 26.0. The van der Waals surface area contributed by atoms with Gasteiger partial charge in [0.25, 0.3) is 0 Å². The lowest BCUT2D eigenvalue weighted by atomic mass is 10.0. The molecule has 0 bridgehead atoms. The standard InChI is InChI=1S/C40H44O8/c41-37(21-11-28-10-20-35(47-39-8-2-5-23-43-39)36(25-28)48-40-9-3-6-24-44-40)45-33-17-14-29(15-18-33)30-12-13-32-27-34(19-16-31(32)26-30)46-38-7-1-4-22-42-38/h10,12-20,25-27,38-40H,1-9,11,21-24H2. The normalized spacial score (nSPS) is 21.4. The molecule has 7 rings (SSSR count). The summed E-state index contributed by atoms with van der Waals surface area (Å²) in [5.74, 6) is 2.31. The van der Waals surface area contributed by atoms with Crippen molar-refractivity contribution in [3.8, 4) is 34.1 Å². The fraction of sp³-hybridized carbons (Fsp3) is 0.425. The molecule has 0 radical (unpaired) electrons. The molecule has 3 saturated heterocycles. The number of benzene rings is 4. The molecule has 3 atom stereocenters. The predicted octanol–water partition coefficient (Wildman–Crippen LogP) is 8.76. The van der Waals surface area contributed by atoms with Gasteiger partial charge in [-0.3, -0.25) is 4.79 Å². The van der Waals surface area contributed by atoms with Crippen molar-refractivity contribution in [1.29, 1.82) is 0 Å². The van der Waals surface area contributed by atoms with E-state index in [0.29, 0.717) is 36.9 Å². The van der Waals surface area contributed by atoms with Gasteiger partial charge < -0.3 is 33.2 Å². The number of carbonyl (C=O) groups excluding carboxylic acids is 1. The first-order valence-electron chi connectivity index (χ1n) is 17.5. The van der Waals surface area contributed by atoms with Crippen molar-refractivity contribution in [2.45, 2.75) is 89.5 Å². The summed E-state index contributed by atoms with van der Waals surface area (Å²) in [6.07, 6.45) is 9.08. The molecule has 0 N–H and O–H groups in total. The van der Waals surface area contributed by atoms with Crippen LogP contribution in [-0.2, 0) is 25.4 Å². The van der Waals surface area contributed by atoms with Crippen molar-refractivity contribution in [3.63, 3.8) is 0 Å². The Bertz CT molecular complexity index is 1650. The van der Waals surface area contributed by atoms with E-state index in [4.69, 9.17) is 33.2 Å². The van der Waals surface area contributed by atoms with Gasteiger partial charge >= 0.3 is 5.97 Å². The molecule has 4 aromatic carbocycles. The Morgan fingerprint density at radius 2 is 1.15 bits per heavy atom. The number of rotatable bonds is 11. The van der Waals surface area contributed by atoms with Crippen molar-refractivity contribution in [1.82, 2.24) is 0 Å². The molecule has 3 heterocycles. The fourth-order valence-electron chi connectivity index (χ4n) is 6.37. The first-order chi connectivity index (χ1) is 23.6. The highest BCUT2D eigenvalue weighted by atomic mass is 16.7. The largest absolute Gasteiger partial charge is 0.465 e. The lowest BCUT2D eigenvalue weighted by molar-refractivity contribution is -0.134. The van der Waals surface area contributed by atoms with Crippen molar-refractivity contribution in [2.75, 3.05) is 19.8 Å². The summed E-state index contributed by atoms with van der Waals surface area (Å²) in [6.45, 7) is 2.15. The molecule has 8 heteroatoms. The Hall–Kier alpha value is -4.11. The van der Waals surface area contributed by atoms with Crippen LogP contribution in [0.2, 0.25) is 0 Å². The fourth-order valence-corrected chi connectivity index (χ4v) is 6.37. The molecule has 48 heavy (non-hydrogen) atoms. The first kappa shape index (κ1) is 32.4. The number of hydrogen-bond donors (Lipinski definition) is 0. The van der Waals surface area contributed by atoms with Crippen LogP contribution < -0.4 is 18.9 Å². The number of esters is 1. The maximum absolute atomic E-state index is 12.8. The van der Waals surface area contributed by atoms with Crippen molar-refractivity contribution < 1.29 is 38.0 Å². The smallest absolute Gasteiger partial charge is 0.311 e. The van der Waals surface area contributed by atoms with E-state index < -0.39 is 0 Å². The molecule has 0 aromatic heterocycles. The topological polar surface area (TPSA) is 81.7 Å². The zero-order valence-electron chi connectivity index (χ0n) is 27.4. The molecular weight excluding hydrogens is 608 g/mol. The number of ether oxygens (including phenoxy) is 7. The Labute approximate surface area is 282 Å². The molecule has 3 unspecified atom stereocenters. The van der Waals surface area contributed by atoms with Crippen molar-refractivity contribution in [2.24, 2.45) is 0 Å². The third-order valence-electron chi connectivity index (χ3n) is 9.06. The van der Waals surface area contributed by atoms with Gasteiger partial charge in [0, 0.05) is 25.7 Å². The van der Waals surface area contributed by atoms with E-state index in [1.54, 1.807) is 0 Å². The highest BCUT2D eigenvalue weighted by molar-refractivity contribution is 5.88. The monoisotopic (exact) mass is 652 g/mol. The van der Waals surface area contributed by atoms with Crippen LogP contribution in [0, 0.1) is 0 Å². The van der Waals surface area contributed by atoms with Gasteiger partial charge in [-0.15, -0.1) is 0 Å². The quantitative estimate of drug-likeness (QED) is 0.118. The molecular formula is C40H44O8. The lowest BCUT2D eigenvalue weighted by Gasteiger charge is -2.27. The second-order valence-electron chi connectivity index (χ2n) is 12.7. The summed E-state index contributed by atoms with van der Waals surface area (Å²) in [5, 5.41) is 2.24. The summed E-state index contributed by atoms with van der Waals surface area (Å²) in [4.78, 5) is 12.8. The number of aryl methyl sites for hydroxylation is 1. The van der Waals surface area contributed by atoms with Gasteiger partial charge in [0.05, 0.1) is 19.8 Å². The summed E-state index contributed by atoms with van der Waals surface area (Å²) in [7, 11) is 0. The van der Waals surface area contributed by atoms with Gasteiger partial charge in [-0.05, 0) is 115 Å². The third kappa shape index (κ3) is 8.67. The molecule has 0 amide bonds. The van der Waals surface area contributed by atoms with Crippen molar-refractivity contribution in [3.05, 3.63) is 84.4 Å². The van der Waals surface area contributed by atoms with E-state index >= 15 is 0 Å². The summed E-state index contributed by atoms with van der Waals surface area (Å²) in [5.41, 5.74) is 3.09. The highest BCUT2D eigenvalue weighted by Gasteiger charge is 2.22. The van der Waals surface area contributed by atoms with Gasteiger partial charge in [0.2, 0.25) is 0 Å². The molecule has 3 fully saturated rings. The molecule has 4 aromatic rings. The minimum atomic E-state index is -0.305. The summed E-state index contributed by atoms with van der Waals surface area (Å²) >= 11 is 0. The van der Waals surface area contributed by atoms with Gasteiger partial charge in [-0.2, -0.15) is 0 Å². The van der Waals surface area contributed by atoms with Gasteiger partial charge in [-0.25, -0.2) is 0 Å². The Morgan fingerprint density at radius 3 is 1.81 bits per heavy atom. The average molecular weight is 653 g/mol. The Morgan fingerprint density at radius 1 is 0.562 bits per heavy atom. The maximum atomic E-state index is 12.8. The van der Waals surface area contributed by atoms with Crippen LogP contribution in [0.3, 0.4) is 0 Å². The minimum absolute atomic E-state index is 0.162. The van der Waals surface area contributed by atoms with Crippen LogP contribution in [0.25, 0.3) is 21.9 Å². The van der Waals surface area contributed by atoms with E-state index in [1.165, 1.54) is 0 Å². The Balaban J connectivity index is 0.945. The highest BCUT2D eigenvalue weighted by Crippen LogP contribution is 2.34. The van der Waals surface area contributed by atoms with Gasteiger partial charge in [0.1, 0.15) is 11.5 Å². The molecule has 3 aliphatic heterocycles. The van der Waals surface area contributed by atoms with Crippen LogP contribution in [0.1, 0.15) is 69.8 Å². The minimum Gasteiger partial charge on any atom is -0.465 e. The molecule has 252 valence electrons. The van der Waals surface area contributed by atoms with Crippen LogP contribution in [-0.4, -0.2) is 44.7 Å². The van der Waals surface area contributed by atoms with E-state index in [9.17, 15) is 4.79 Å². The SMILES string of the molecule is O=C(CCc1ccc(OC2CCCCO2)c(OC2CCCCO2)c1)Oc1ccc(-c2ccc3cc(OC4CCCCO4)ccc3c2)cc1. The second-order valence-corrected chi connectivity index (χ2v) is 12.7. The van der Waals surface area contributed by atoms with Crippen LogP contribution >= 0.6 is 0 Å². The van der Waals surface area contributed by atoms with Crippen LogP contribution in [0.15, 0.2) is 78.9 Å². The van der Waals surface area contributed by atoms with Crippen molar-refractivity contribution >= 4 is 16.7 Å². The zero-order chi connectivity index (χ0) is 32.5. The van der Waals surface area contributed by atoms with E-state index in [-0.39, 0.29) is 31.3 Å². The Kier molecular flexibility index (Phi) is 10.7. The molecule has 0 spiro atoms. The molecule has 3 aliphatic rings. The second kappa shape index (κ2) is 15.9. The van der Waals surface area contributed by atoms with E-state index in [0.717, 1.165) is 97.6 Å². The molecule has 8 nitrogen and oxygen atoms in total. The van der Waals surface area contributed by atoms with Crippen LogP contribution in [0.5, 0.6) is 23.0 Å². The number of carbonyl (C=O) groups is 1. The maximum Gasteiger partial charge on any atom is 0.311 e. The zero-order valence-corrected chi connectivity index (χ0v) is 27.4. The van der Waals surface area contributed by atoms with Crippen LogP contribution in [0.4, 0.5) is 0 Å². The predicted molar refractivity (Wildman–Crippen MR) is 182 cm³/mol. The third-order valence-corrected chi connectivity index (χ3v) is 9.06. The van der Waals surface area contributed by atoms with Gasteiger partial charge in [-0.1, -0.05) is 36.4 Å². The van der Waals surface area contributed by atoms with Gasteiger partial charge in [0.15, 0.2) is 30.4 Å². The summed E-state index contributed by atoms with van der Waals surface area (Å²) < 4.78 is 41.5. The molecule has 0 aliphatic carbocycles. The average Bonchev–Trinajstić information content (AvgIpc) is 3.13. The molecule has 0 saturated carbocycles.